The Morgan fingerprint density at radius 2 is 1.57 bits per heavy atom. The van der Waals surface area contributed by atoms with Crippen LogP contribution in [0.2, 0.25) is 0 Å². The van der Waals surface area contributed by atoms with Crippen molar-refractivity contribution >= 4 is 27.3 Å². The van der Waals surface area contributed by atoms with Crippen molar-refractivity contribution in [1.82, 2.24) is 0 Å². The molecular weight excluding hydrogens is 400 g/mol. The number of nitrogens with one attached hydrogen (secondary N) is 1. The Morgan fingerprint density at radius 1 is 0.933 bits per heavy atom. The Morgan fingerprint density at radius 3 is 2.20 bits per heavy atom. The summed E-state index contributed by atoms with van der Waals surface area (Å²) in [5.41, 5.74) is 2.74. The van der Waals surface area contributed by atoms with E-state index in [9.17, 15) is 13.2 Å². The molecule has 1 N–H and O–H groups in total. The molecule has 0 aromatic heterocycles. The predicted octanol–water partition coefficient (Wildman–Crippen LogP) is 4.50. The van der Waals surface area contributed by atoms with E-state index >= 15 is 0 Å². The van der Waals surface area contributed by atoms with Gasteiger partial charge in [0, 0.05) is 5.69 Å². The maximum Gasteiger partial charge on any atom is 0.245 e. The van der Waals surface area contributed by atoms with Crippen LogP contribution in [0.4, 0.5) is 11.4 Å². The number of sulfonamides is 1. The van der Waals surface area contributed by atoms with Crippen molar-refractivity contribution in [3.05, 3.63) is 83.9 Å². The lowest BCUT2D eigenvalue weighted by molar-refractivity contribution is -0.114. The van der Waals surface area contributed by atoms with Gasteiger partial charge in [-0.3, -0.25) is 9.10 Å². The van der Waals surface area contributed by atoms with Crippen LogP contribution in [-0.4, -0.2) is 27.1 Å². The zero-order valence-electron chi connectivity index (χ0n) is 17.1. The van der Waals surface area contributed by atoms with Crippen molar-refractivity contribution in [3.8, 4) is 11.5 Å². The van der Waals surface area contributed by atoms with E-state index in [1.165, 1.54) is 0 Å². The molecule has 0 saturated heterocycles. The number of amides is 1. The first-order chi connectivity index (χ1) is 14.2. The largest absolute Gasteiger partial charge is 0.457 e. The number of benzene rings is 3. The van der Waals surface area contributed by atoms with Crippen LogP contribution < -0.4 is 14.4 Å². The number of hydrogen-bond donors (Lipinski definition) is 1. The third kappa shape index (κ3) is 5.61. The van der Waals surface area contributed by atoms with E-state index in [-0.39, 0.29) is 6.54 Å². The van der Waals surface area contributed by atoms with Crippen molar-refractivity contribution in [2.24, 2.45) is 0 Å². The van der Waals surface area contributed by atoms with E-state index in [1.54, 1.807) is 30.3 Å². The third-order valence-electron chi connectivity index (χ3n) is 4.44. The van der Waals surface area contributed by atoms with Gasteiger partial charge in [0.1, 0.15) is 18.0 Å². The minimum Gasteiger partial charge on any atom is -0.457 e. The molecular formula is C23H24N2O4S. The summed E-state index contributed by atoms with van der Waals surface area (Å²) in [4.78, 5) is 12.6. The van der Waals surface area contributed by atoms with Gasteiger partial charge in [0.15, 0.2) is 0 Å². The highest BCUT2D eigenvalue weighted by molar-refractivity contribution is 7.92. The van der Waals surface area contributed by atoms with Crippen LogP contribution in [0.3, 0.4) is 0 Å². The summed E-state index contributed by atoms with van der Waals surface area (Å²) in [6, 6.07) is 21.8. The lowest BCUT2D eigenvalue weighted by Gasteiger charge is -2.24. The zero-order chi connectivity index (χ0) is 21.7. The number of carbonyl (C=O) groups excluding carboxylic acids is 1. The number of aryl methyl sites for hydroxylation is 2. The number of hydrogen-bond acceptors (Lipinski definition) is 4. The minimum absolute atomic E-state index is 0.314. The number of nitrogens with zero attached hydrogens (tertiary/aromatic N) is 1. The van der Waals surface area contributed by atoms with E-state index in [2.05, 4.69) is 5.32 Å². The van der Waals surface area contributed by atoms with Crippen molar-refractivity contribution in [1.29, 1.82) is 0 Å². The summed E-state index contributed by atoms with van der Waals surface area (Å²) in [6.45, 7) is 3.38. The predicted molar refractivity (Wildman–Crippen MR) is 120 cm³/mol. The maximum absolute atomic E-state index is 12.6. The first-order valence-electron chi connectivity index (χ1n) is 9.40. The summed E-state index contributed by atoms with van der Waals surface area (Å²) in [5.74, 6) is 0.914. The topological polar surface area (TPSA) is 75.7 Å². The second-order valence-corrected chi connectivity index (χ2v) is 8.95. The van der Waals surface area contributed by atoms with Gasteiger partial charge in [-0.2, -0.15) is 0 Å². The fraction of sp³-hybridized carbons (Fsp3) is 0.174. The molecule has 1 amide bonds. The molecule has 0 saturated carbocycles. The molecule has 3 aromatic carbocycles. The summed E-state index contributed by atoms with van der Waals surface area (Å²) in [7, 11) is -3.63. The number of para-hydroxylation sites is 1. The Bertz CT molecular complexity index is 1130. The molecule has 0 heterocycles. The Kier molecular flexibility index (Phi) is 6.42. The Labute approximate surface area is 177 Å². The molecule has 0 bridgehead atoms. The van der Waals surface area contributed by atoms with Gasteiger partial charge in [-0.05, 0) is 67.4 Å². The summed E-state index contributed by atoms with van der Waals surface area (Å²) in [6.07, 6.45) is 1.10. The monoisotopic (exact) mass is 424 g/mol. The van der Waals surface area contributed by atoms with E-state index in [1.807, 2.05) is 56.3 Å². The highest BCUT2D eigenvalue weighted by Gasteiger charge is 2.22. The molecule has 156 valence electrons. The van der Waals surface area contributed by atoms with E-state index in [4.69, 9.17) is 4.74 Å². The van der Waals surface area contributed by atoms with Gasteiger partial charge in [-0.25, -0.2) is 8.42 Å². The molecule has 3 rings (SSSR count). The standard InChI is InChI=1S/C23H24N2O4S/c1-17-9-10-18(2)22(15-17)25(30(3,27)28)16-23(26)24-19-11-13-21(14-12-19)29-20-7-5-4-6-8-20/h4-15H,16H2,1-3H3,(H,24,26). The molecule has 0 aliphatic rings. The van der Waals surface area contributed by atoms with Crippen LogP contribution in [0.5, 0.6) is 11.5 Å². The number of anilines is 2. The quantitative estimate of drug-likeness (QED) is 0.606. The molecule has 0 aliphatic carbocycles. The summed E-state index contributed by atoms with van der Waals surface area (Å²) in [5, 5.41) is 2.74. The average Bonchev–Trinajstić information content (AvgIpc) is 2.70. The molecule has 0 fully saturated rings. The molecule has 0 aliphatic heterocycles. The van der Waals surface area contributed by atoms with Crippen LogP contribution in [0.15, 0.2) is 72.8 Å². The summed E-state index contributed by atoms with van der Waals surface area (Å²) < 4.78 is 31.5. The zero-order valence-corrected chi connectivity index (χ0v) is 17.9. The third-order valence-corrected chi connectivity index (χ3v) is 5.56. The SMILES string of the molecule is Cc1ccc(C)c(N(CC(=O)Nc2ccc(Oc3ccccc3)cc2)S(C)(=O)=O)c1. The lowest BCUT2D eigenvalue weighted by atomic mass is 10.1. The Balaban J connectivity index is 1.70. The van der Waals surface area contributed by atoms with Crippen LogP contribution in [0.25, 0.3) is 0 Å². The lowest BCUT2D eigenvalue weighted by Crippen LogP contribution is -2.37. The van der Waals surface area contributed by atoms with Crippen molar-refractivity contribution in [2.75, 3.05) is 22.4 Å². The minimum atomic E-state index is -3.63. The van der Waals surface area contributed by atoms with Crippen LogP contribution >= 0.6 is 0 Å². The maximum atomic E-state index is 12.6. The first-order valence-corrected chi connectivity index (χ1v) is 11.2. The van der Waals surface area contributed by atoms with Gasteiger partial charge in [-0.15, -0.1) is 0 Å². The van der Waals surface area contributed by atoms with Gasteiger partial charge in [-0.1, -0.05) is 30.3 Å². The highest BCUT2D eigenvalue weighted by Crippen LogP contribution is 2.25. The van der Waals surface area contributed by atoms with Crippen molar-refractivity contribution in [3.63, 3.8) is 0 Å². The molecule has 0 radical (unpaired) electrons. The van der Waals surface area contributed by atoms with E-state index in [0.717, 1.165) is 21.7 Å². The van der Waals surface area contributed by atoms with E-state index < -0.39 is 15.9 Å². The van der Waals surface area contributed by atoms with E-state index in [0.29, 0.717) is 22.9 Å². The number of rotatable bonds is 7. The van der Waals surface area contributed by atoms with Crippen molar-refractivity contribution < 1.29 is 17.9 Å². The molecule has 0 spiro atoms. The first kappa shape index (κ1) is 21.4. The molecule has 6 nitrogen and oxygen atoms in total. The summed E-state index contributed by atoms with van der Waals surface area (Å²) >= 11 is 0. The highest BCUT2D eigenvalue weighted by atomic mass is 32.2. The van der Waals surface area contributed by atoms with Gasteiger partial charge >= 0.3 is 0 Å². The molecule has 0 atom stereocenters. The van der Waals surface area contributed by atoms with Gasteiger partial charge in [0.2, 0.25) is 15.9 Å². The van der Waals surface area contributed by atoms with Crippen LogP contribution in [0, 0.1) is 13.8 Å². The van der Waals surface area contributed by atoms with Crippen LogP contribution in [-0.2, 0) is 14.8 Å². The molecule has 3 aromatic rings. The van der Waals surface area contributed by atoms with Gasteiger partial charge < -0.3 is 10.1 Å². The van der Waals surface area contributed by atoms with Gasteiger partial charge in [0.05, 0.1) is 11.9 Å². The van der Waals surface area contributed by atoms with Crippen LogP contribution in [0.1, 0.15) is 11.1 Å². The molecule has 30 heavy (non-hydrogen) atoms. The Hall–Kier alpha value is -3.32. The smallest absolute Gasteiger partial charge is 0.245 e. The fourth-order valence-electron chi connectivity index (χ4n) is 2.93. The number of carbonyl (C=O) groups is 1. The fourth-order valence-corrected chi connectivity index (χ4v) is 3.84. The number of ether oxygens (including phenoxy) is 1. The average molecular weight is 425 g/mol. The van der Waals surface area contributed by atoms with Crippen molar-refractivity contribution in [2.45, 2.75) is 13.8 Å². The normalized spacial score (nSPS) is 11.0. The molecule has 7 heteroatoms. The van der Waals surface area contributed by atoms with Gasteiger partial charge in [0.25, 0.3) is 0 Å². The second kappa shape index (κ2) is 9.00. The molecule has 0 unspecified atom stereocenters. The second-order valence-electron chi connectivity index (χ2n) is 7.05.